The molecule has 13 heavy (non-hydrogen) atoms. The molecule has 1 amide bonds. The van der Waals surface area contributed by atoms with Gasteiger partial charge in [0.2, 0.25) is 5.91 Å². The summed E-state index contributed by atoms with van der Waals surface area (Å²) in [6, 6.07) is 0. The molecule has 0 rings (SSSR count). The van der Waals surface area contributed by atoms with Gasteiger partial charge in [-0.3, -0.25) is 4.79 Å². The van der Waals surface area contributed by atoms with Crippen LogP contribution in [0.2, 0.25) is 0 Å². The summed E-state index contributed by atoms with van der Waals surface area (Å²) in [6.45, 7) is 13.2. The SMILES string of the molecule is CCNC(=O)C(C(C)C)C(C)(C)C. The van der Waals surface area contributed by atoms with Gasteiger partial charge in [-0.2, -0.15) is 0 Å². The molecule has 0 radical (unpaired) electrons. The van der Waals surface area contributed by atoms with Crippen LogP contribution in [0, 0.1) is 17.3 Å². The third-order valence-corrected chi connectivity index (χ3v) is 2.23. The van der Waals surface area contributed by atoms with Gasteiger partial charge in [-0.15, -0.1) is 0 Å². The first-order valence-electron chi connectivity index (χ1n) is 5.08. The molecule has 1 atom stereocenters. The van der Waals surface area contributed by atoms with E-state index in [0.717, 1.165) is 6.54 Å². The van der Waals surface area contributed by atoms with E-state index in [9.17, 15) is 4.79 Å². The van der Waals surface area contributed by atoms with Gasteiger partial charge in [0.25, 0.3) is 0 Å². The van der Waals surface area contributed by atoms with E-state index in [0.29, 0.717) is 5.92 Å². The van der Waals surface area contributed by atoms with Crippen molar-refractivity contribution in [1.82, 2.24) is 5.32 Å². The molecule has 1 unspecified atom stereocenters. The van der Waals surface area contributed by atoms with Crippen LogP contribution in [0.3, 0.4) is 0 Å². The molecule has 2 nitrogen and oxygen atoms in total. The summed E-state index contributed by atoms with van der Waals surface area (Å²) >= 11 is 0. The molecule has 0 aliphatic heterocycles. The van der Waals surface area contributed by atoms with Crippen molar-refractivity contribution in [2.24, 2.45) is 17.3 Å². The smallest absolute Gasteiger partial charge is 0.223 e. The minimum absolute atomic E-state index is 0.0490. The molecule has 2 heteroatoms. The van der Waals surface area contributed by atoms with Crippen LogP contribution < -0.4 is 5.32 Å². The predicted molar refractivity (Wildman–Crippen MR) is 56.5 cm³/mol. The van der Waals surface area contributed by atoms with Gasteiger partial charge in [0.1, 0.15) is 0 Å². The fraction of sp³-hybridized carbons (Fsp3) is 0.909. The largest absolute Gasteiger partial charge is 0.356 e. The summed E-state index contributed by atoms with van der Waals surface area (Å²) in [5, 5.41) is 2.89. The van der Waals surface area contributed by atoms with E-state index in [4.69, 9.17) is 0 Å². The maximum absolute atomic E-state index is 11.7. The fourth-order valence-electron chi connectivity index (χ4n) is 1.98. The number of rotatable bonds is 3. The Morgan fingerprint density at radius 1 is 1.31 bits per heavy atom. The molecule has 0 saturated carbocycles. The van der Waals surface area contributed by atoms with E-state index in [1.165, 1.54) is 0 Å². The predicted octanol–water partition coefficient (Wildman–Crippen LogP) is 2.44. The van der Waals surface area contributed by atoms with Crippen molar-refractivity contribution in [2.75, 3.05) is 6.54 Å². The topological polar surface area (TPSA) is 29.1 Å². The molecule has 0 fully saturated rings. The standard InChI is InChI=1S/C11H23NO/c1-7-12-10(13)9(8(2)3)11(4,5)6/h8-9H,7H2,1-6H3,(H,12,13). The van der Waals surface area contributed by atoms with Crippen LogP contribution >= 0.6 is 0 Å². The summed E-state index contributed by atoms with van der Waals surface area (Å²) in [6.07, 6.45) is 0. The first-order valence-corrected chi connectivity index (χ1v) is 5.08. The molecule has 0 aromatic rings. The number of amides is 1. The third-order valence-electron chi connectivity index (χ3n) is 2.23. The lowest BCUT2D eigenvalue weighted by molar-refractivity contribution is -0.130. The van der Waals surface area contributed by atoms with Crippen molar-refractivity contribution < 1.29 is 4.79 Å². The quantitative estimate of drug-likeness (QED) is 0.719. The Kier molecular flexibility index (Phi) is 4.45. The average Bonchev–Trinajstić information content (AvgIpc) is 1.82. The van der Waals surface area contributed by atoms with E-state index < -0.39 is 0 Å². The lowest BCUT2D eigenvalue weighted by Crippen LogP contribution is -2.40. The third kappa shape index (κ3) is 3.79. The summed E-state index contributed by atoms with van der Waals surface area (Å²) in [4.78, 5) is 11.7. The minimum atomic E-state index is 0.0490. The number of nitrogens with one attached hydrogen (secondary N) is 1. The van der Waals surface area contributed by atoms with E-state index in [2.05, 4.69) is 39.9 Å². The molecule has 0 heterocycles. The summed E-state index contributed by atoms with van der Waals surface area (Å²) in [5.74, 6) is 0.684. The van der Waals surface area contributed by atoms with Crippen LogP contribution in [0.25, 0.3) is 0 Å². The Labute approximate surface area is 82.1 Å². The van der Waals surface area contributed by atoms with E-state index in [1.54, 1.807) is 0 Å². The molecule has 0 aliphatic carbocycles. The molecular weight excluding hydrogens is 162 g/mol. The molecule has 78 valence electrons. The molecule has 0 saturated heterocycles. The zero-order valence-electron chi connectivity index (χ0n) is 9.77. The molecule has 0 spiro atoms. The number of hydrogen-bond donors (Lipinski definition) is 1. The van der Waals surface area contributed by atoms with Crippen molar-refractivity contribution in [3.63, 3.8) is 0 Å². The molecule has 0 aromatic heterocycles. The highest BCUT2D eigenvalue weighted by molar-refractivity contribution is 5.79. The van der Waals surface area contributed by atoms with Gasteiger partial charge < -0.3 is 5.32 Å². The van der Waals surface area contributed by atoms with Crippen LogP contribution in [-0.4, -0.2) is 12.5 Å². The van der Waals surface area contributed by atoms with E-state index >= 15 is 0 Å². The van der Waals surface area contributed by atoms with Crippen LogP contribution in [-0.2, 0) is 4.79 Å². The van der Waals surface area contributed by atoms with E-state index in [1.807, 2.05) is 6.92 Å². The summed E-state index contributed by atoms with van der Waals surface area (Å²) in [5.41, 5.74) is 0.0490. The van der Waals surface area contributed by atoms with Crippen LogP contribution in [0.1, 0.15) is 41.5 Å². The van der Waals surface area contributed by atoms with Gasteiger partial charge in [0, 0.05) is 12.5 Å². The first kappa shape index (κ1) is 12.5. The number of carbonyl (C=O) groups excluding carboxylic acids is 1. The number of carbonyl (C=O) groups is 1. The maximum atomic E-state index is 11.7. The highest BCUT2D eigenvalue weighted by Gasteiger charge is 2.33. The molecule has 0 aliphatic rings. The molecule has 0 bridgehead atoms. The van der Waals surface area contributed by atoms with Crippen LogP contribution in [0.15, 0.2) is 0 Å². The lowest BCUT2D eigenvalue weighted by atomic mass is 9.74. The minimum Gasteiger partial charge on any atom is -0.356 e. The number of hydrogen-bond acceptors (Lipinski definition) is 1. The van der Waals surface area contributed by atoms with Gasteiger partial charge >= 0.3 is 0 Å². The van der Waals surface area contributed by atoms with Gasteiger partial charge in [-0.25, -0.2) is 0 Å². The Morgan fingerprint density at radius 2 is 1.77 bits per heavy atom. The summed E-state index contributed by atoms with van der Waals surface area (Å²) in [7, 11) is 0. The fourth-order valence-corrected chi connectivity index (χ4v) is 1.98. The van der Waals surface area contributed by atoms with Gasteiger partial charge in [-0.05, 0) is 18.3 Å². The van der Waals surface area contributed by atoms with Crippen LogP contribution in [0.4, 0.5) is 0 Å². The summed E-state index contributed by atoms with van der Waals surface area (Å²) < 4.78 is 0. The second-order valence-electron chi connectivity index (χ2n) is 4.98. The monoisotopic (exact) mass is 185 g/mol. The van der Waals surface area contributed by atoms with Gasteiger partial charge in [-0.1, -0.05) is 34.6 Å². The van der Waals surface area contributed by atoms with E-state index in [-0.39, 0.29) is 17.2 Å². The Morgan fingerprint density at radius 3 is 2.00 bits per heavy atom. The first-order chi connectivity index (χ1) is 5.80. The molecular formula is C11H23NO. The van der Waals surface area contributed by atoms with Crippen molar-refractivity contribution in [2.45, 2.75) is 41.5 Å². The van der Waals surface area contributed by atoms with Crippen LogP contribution in [0.5, 0.6) is 0 Å². The van der Waals surface area contributed by atoms with Gasteiger partial charge in [0.15, 0.2) is 0 Å². The second kappa shape index (κ2) is 4.64. The Hall–Kier alpha value is -0.530. The maximum Gasteiger partial charge on any atom is 0.223 e. The highest BCUT2D eigenvalue weighted by atomic mass is 16.1. The second-order valence-corrected chi connectivity index (χ2v) is 4.98. The normalized spacial score (nSPS) is 14.4. The lowest BCUT2D eigenvalue weighted by Gasteiger charge is -2.32. The van der Waals surface area contributed by atoms with Gasteiger partial charge in [0.05, 0.1) is 0 Å². The zero-order valence-corrected chi connectivity index (χ0v) is 9.77. The van der Waals surface area contributed by atoms with Crippen molar-refractivity contribution >= 4 is 5.91 Å². The Balaban J connectivity index is 4.52. The zero-order chi connectivity index (χ0) is 10.6. The molecule has 0 aromatic carbocycles. The van der Waals surface area contributed by atoms with Crippen molar-refractivity contribution in [3.05, 3.63) is 0 Å². The average molecular weight is 185 g/mol. The van der Waals surface area contributed by atoms with Crippen molar-refractivity contribution in [3.8, 4) is 0 Å². The highest BCUT2D eigenvalue weighted by Crippen LogP contribution is 2.31. The molecule has 1 N–H and O–H groups in total. The van der Waals surface area contributed by atoms with Crippen molar-refractivity contribution in [1.29, 1.82) is 0 Å². The Bertz CT molecular complexity index is 167.